The molecular weight excluding hydrogens is 210 g/mol. The summed E-state index contributed by atoms with van der Waals surface area (Å²) in [5.74, 6) is -10.6. The average molecular weight is 212 g/mol. The first-order valence-electron chi connectivity index (χ1n) is 3.29. The average Bonchev–Trinajstić information content (AvgIpc) is 2.19. The Morgan fingerprint density at radius 1 is 0.643 bits per heavy atom. The number of hydrogen-bond acceptors (Lipinski definition) is 0. The van der Waals surface area contributed by atoms with Gasteiger partial charge in [0.25, 0.3) is 0 Å². The Morgan fingerprint density at radius 2 is 1.00 bits per heavy atom. The number of rotatable bonds is 1. The highest BCUT2D eigenvalue weighted by atomic mass is 19.2. The van der Waals surface area contributed by atoms with Crippen LogP contribution in [-0.4, -0.2) is 0 Å². The molecule has 0 aliphatic carbocycles. The van der Waals surface area contributed by atoms with Crippen molar-refractivity contribution in [1.82, 2.24) is 0 Å². The third-order valence-corrected chi connectivity index (χ3v) is 1.47. The van der Waals surface area contributed by atoms with E-state index in [1.54, 1.807) is 0 Å². The molecule has 0 fully saturated rings. The van der Waals surface area contributed by atoms with Crippen LogP contribution in [0.2, 0.25) is 0 Å². The van der Waals surface area contributed by atoms with Crippen molar-refractivity contribution in [3.63, 3.8) is 0 Å². The summed E-state index contributed by atoms with van der Waals surface area (Å²) >= 11 is 0. The van der Waals surface area contributed by atoms with Gasteiger partial charge in [-0.2, -0.15) is 0 Å². The monoisotopic (exact) mass is 212 g/mol. The van der Waals surface area contributed by atoms with Gasteiger partial charge < -0.3 is 0 Å². The number of halogens is 6. The van der Waals surface area contributed by atoms with Crippen LogP contribution in [-0.2, 0) is 0 Å². The van der Waals surface area contributed by atoms with Crippen LogP contribution in [0, 0.1) is 29.1 Å². The molecule has 0 amide bonds. The van der Waals surface area contributed by atoms with E-state index in [1.165, 1.54) is 0 Å². The Morgan fingerprint density at radius 3 is 1.36 bits per heavy atom. The van der Waals surface area contributed by atoms with Crippen molar-refractivity contribution in [2.75, 3.05) is 0 Å². The molecule has 0 unspecified atom stereocenters. The molecule has 1 rings (SSSR count). The van der Waals surface area contributed by atoms with E-state index < -0.39 is 34.6 Å². The van der Waals surface area contributed by atoms with Crippen LogP contribution in [0.1, 0.15) is 5.56 Å². The van der Waals surface area contributed by atoms with Crippen LogP contribution in [0.5, 0.6) is 0 Å². The molecule has 14 heavy (non-hydrogen) atoms. The SMILES string of the molecule is F/C=C/c1c(F)c(F)c(F)c(F)c1F. The summed E-state index contributed by atoms with van der Waals surface area (Å²) in [5.41, 5.74) is -1.30. The van der Waals surface area contributed by atoms with Gasteiger partial charge in [0.05, 0.1) is 11.9 Å². The Balaban J connectivity index is 3.59. The van der Waals surface area contributed by atoms with Gasteiger partial charge in [-0.1, -0.05) is 0 Å². The first kappa shape index (κ1) is 10.6. The van der Waals surface area contributed by atoms with Crippen molar-refractivity contribution in [2.45, 2.75) is 0 Å². The largest absolute Gasteiger partial charge is 0.216 e. The molecule has 1 aromatic rings. The fourth-order valence-electron chi connectivity index (χ4n) is 0.831. The lowest BCUT2D eigenvalue weighted by atomic mass is 10.1. The van der Waals surface area contributed by atoms with Crippen LogP contribution in [0.3, 0.4) is 0 Å². The first-order chi connectivity index (χ1) is 6.50. The highest BCUT2D eigenvalue weighted by molar-refractivity contribution is 5.50. The van der Waals surface area contributed by atoms with Gasteiger partial charge in [-0.25, -0.2) is 26.3 Å². The zero-order chi connectivity index (χ0) is 10.9. The van der Waals surface area contributed by atoms with Gasteiger partial charge in [0.15, 0.2) is 23.3 Å². The Bertz CT molecular complexity index is 366. The van der Waals surface area contributed by atoms with E-state index in [4.69, 9.17) is 0 Å². The highest BCUT2D eigenvalue weighted by Crippen LogP contribution is 2.23. The van der Waals surface area contributed by atoms with E-state index in [0.717, 1.165) is 0 Å². The standard InChI is InChI=1S/C8H2F6/c9-2-1-3-4(10)6(12)8(14)7(13)5(3)11/h1-2H/b2-1+. The summed E-state index contributed by atoms with van der Waals surface area (Å²) < 4.78 is 74.1. The molecule has 1 aromatic carbocycles. The van der Waals surface area contributed by atoms with Crippen molar-refractivity contribution in [2.24, 2.45) is 0 Å². The van der Waals surface area contributed by atoms with E-state index in [2.05, 4.69) is 0 Å². The molecule has 0 N–H and O–H groups in total. The van der Waals surface area contributed by atoms with Gasteiger partial charge in [0, 0.05) is 0 Å². The normalized spacial score (nSPS) is 11.3. The molecule has 0 radical (unpaired) electrons. The van der Waals surface area contributed by atoms with Crippen LogP contribution in [0.4, 0.5) is 26.3 Å². The zero-order valence-electron chi connectivity index (χ0n) is 6.42. The van der Waals surface area contributed by atoms with E-state index in [1.807, 2.05) is 0 Å². The fourth-order valence-corrected chi connectivity index (χ4v) is 0.831. The van der Waals surface area contributed by atoms with Crippen LogP contribution < -0.4 is 0 Å². The van der Waals surface area contributed by atoms with Crippen molar-refractivity contribution in [1.29, 1.82) is 0 Å². The molecule has 0 spiro atoms. The van der Waals surface area contributed by atoms with E-state index in [9.17, 15) is 26.3 Å². The maximum Gasteiger partial charge on any atom is 0.200 e. The van der Waals surface area contributed by atoms with Crippen molar-refractivity contribution in [3.8, 4) is 0 Å². The van der Waals surface area contributed by atoms with E-state index in [0.29, 0.717) is 0 Å². The summed E-state index contributed by atoms with van der Waals surface area (Å²) in [6, 6.07) is 0. The van der Waals surface area contributed by atoms with Gasteiger partial charge >= 0.3 is 0 Å². The zero-order valence-corrected chi connectivity index (χ0v) is 6.42. The second-order valence-electron chi connectivity index (χ2n) is 2.28. The summed E-state index contributed by atoms with van der Waals surface area (Å²) in [4.78, 5) is 0. The molecule has 0 heterocycles. The van der Waals surface area contributed by atoms with Gasteiger partial charge in [-0.15, -0.1) is 0 Å². The lowest BCUT2D eigenvalue weighted by Crippen LogP contribution is -2.03. The van der Waals surface area contributed by atoms with Gasteiger partial charge in [0.2, 0.25) is 5.82 Å². The minimum absolute atomic E-state index is 0.149. The molecule has 0 aliphatic rings. The molecule has 76 valence electrons. The van der Waals surface area contributed by atoms with Crippen LogP contribution >= 0.6 is 0 Å². The van der Waals surface area contributed by atoms with Crippen molar-refractivity contribution in [3.05, 3.63) is 41.0 Å². The van der Waals surface area contributed by atoms with Crippen molar-refractivity contribution < 1.29 is 26.3 Å². The highest BCUT2D eigenvalue weighted by Gasteiger charge is 2.23. The maximum absolute atomic E-state index is 12.7. The summed E-state index contributed by atoms with van der Waals surface area (Å²) in [7, 11) is 0. The third kappa shape index (κ3) is 1.47. The summed E-state index contributed by atoms with van der Waals surface area (Å²) in [6.07, 6.45) is -0.172. The smallest absolute Gasteiger partial charge is 0.200 e. The van der Waals surface area contributed by atoms with Crippen LogP contribution in [0.25, 0.3) is 6.08 Å². The Labute approximate surface area is 74.5 Å². The predicted molar refractivity (Wildman–Crippen MR) is 36.4 cm³/mol. The Kier molecular flexibility index (Phi) is 2.83. The van der Waals surface area contributed by atoms with E-state index >= 15 is 0 Å². The van der Waals surface area contributed by atoms with E-state index in [-0.39, 0.29) is 12.4 Å². The maximum atomic E-state index is 12.7. The topological polar surface area (TPSA) is 0 Å². The molecule has 0 saturated heterocycles. The minimum Gasteiger partial charge on any atom is -0.216 e. The number of hydrogen-bond donors (Lipinski definition) is 0. The van der Waals surface area contributed by atoms with Crippen molar-refractivity contribution >= 4 is 6.08 Å². The van der Waals surface area contributed by atoms with Gasteiger partial charge in [-0.3, -0.25) is 0 Å². The Hall–Kier alpha value is -1.46. The molecule has 0 nitrogen and oxygen atoms in total. The van der Waals surface area contributed by atoms with Crippen LogP contribution in [0.15, 0.2) is 6.33 Å². The van der Waals surface area contributed by atoms with Gasteiger partial charge in [-0.05, 0) is 6.08 Å². The third-order valence-electron chi connectivity index (χ3n) is 1.47. The summed E-state index contributed by atoms with van der Waals surface area (Å²) in [6.45, 7) is 0. The first-order valence-corrected chi connectivity index (χ1v) is 3.29. The second-order valence-corrected chi connectivity index (χ2v) is 2.28. The number of benzene rings is 1. The molecule has 0 saturated carbocycles. The predicted octanol–water partition coefficient (Wildman–Crippen LogP) is 3.32. The van der Waals surface area contributed by atoms with Gasteiger partial charge in [0.1, 0.15) is 0 Å². The molecule has 0 atom stereocenters. The molecule has 0 aromatic heterocycles. The molecule has 0 bridgehead atoms. The summed E-state index contributed by atoms with van der Waals surface area (Å²) in [5, 5.41) is 0. The minimum atomic E-state index is -2.27. The molecule has 6 heteroatoms. The fraction of sp³-hybridized carbons (Fsp3) is 0. The quantitative estimate of drug-likeness (QED) is 0.380. The molecule has 0 aliphatic heterocycles. The molecular formula is C8H2F6. The lowest BCUT2D eigenvalue weighted by Gasteiger charge is -2.03. The second kappa shape index (κ2) is 3.73. The lowest BCUT2D eigenvalue weighted by molar-refractivity contribution is 0.376.